The number of furan rings is 1. The van der Waals surface area contributed by atoms with E-state index in [1.165, 1.54) is 11.3 Å². The highest BCUT2D eigenvalue weighted by Crippen LogP contribution is 2.27. The Labute approximate surface area is 225 Å². The van der Waals surface area contributed by atoms with Crippen LogP contribution >= 0.6 is 27.3 Å². The predicted octanol–water partition coefficient (Wildman–Crippen LogP) is 5.49. The quantitative estimate of drug-likeness (QED) is 0.285. The maximum Gasteiger partial charge on any atom is 0.338 e. The number of esters is 1. The van der Waals surface area contributed by atoms with Crippen molar-refractivity contribution in [2.45, 2.75) is 19.9 Å². The van der Waals surface area contributed by atoms with E-state index in [0.717, 1.165) is 15.6 Å². The molecule has 0 spiro atoms. The normalized spacial score (nSPS) is 15.6. The van der Waals surface area contributed by atoms with Crippen LogP contribution in [-0.4, -0.2) is 17.1 Å². The van der Waals surface area contributed by atoms with E-state index in [0.29, 0.717) is 32.1 Å². The second-order valence-electron chi connectivity index (χ2n) is 8.32. The molecule has 0 fully saturated rings. The smallest absolute Gasteiger partial charge is 0.338 e. The number of rotatable bonds is 6. The number of benzene rings is 2. The molecule has 1 unspecified atom stereocenters. The summed E-state index contributed by atoms with van der Waals surface area (Å²) in [6, 6.07) is 20.6. The Morgan fingerprint density at radius 2 is 1.89 bits per heavy atom. The van der Waals surface area contributed by atoms with E-state index in [-0.39, 0.29) is 12.2 Å². The van der Waals surface area contributed by atoms with Crippen LogP contribution in [-0.2, 0) is 9.53 Å². The molecule has 0 amide bonds. The van der Waals surface area contributed by atoms with Gasteiger partial charge < -0.3 is 9.15 Å². The molecular formula is C29H23BrN2O4S. The molecule has 8 heteroatoms. The van der Waals surface area contributed by atoms with E-state index < -0.39 is 12.0 Å². The molecule has 0 aliphatic carbocycles. The Morgan fingerprint density at radius 3 is 2.62 bits per heavy atom. The molecule has 0 bridgehead atoms. The molecule has 1 aliphatic heterocycles. The SMILES string of the molecule is CCOC(=O)C1=C(C)N=c2s/c(=C/c3ccc(-c4ccc(Br)cc4)o3)c(=O)n2C1/C=C/c1ccccc1. The molecule has 0 saturated heterocycles. The Kier molecular flexibility index (Phi) is 7.21. The number of halogens is 1. The van der Waals surface area contributed by atoms with Gasteiger partial charge in [0.15, 0.2) is 4.80 Å². The molecule has 37 heavy (non-hydrogen) atoms. The minimum atomic E-state index is -0.646. The van der Waals surface area contributed by atoms with Crippen LogP contribution < -0.4 is 14.9 Å². The van der Waals surface area contributed by atoms with Gasteiger partial charge in [-0.05, 0) is 43.7 Å². The van der Waals surface area contributed by atoms with Gasteiger partial charge in [0.1, 0.15) is 11.5 Å². The first-order valence-electron chi connectivity index (χ1n) is 11.7. The second kappa shape index (κ2) is 10.7. The van der Waals surface area contributed by atoms with Gasteiger partial charge in [0, 0.05) is 16.1 Å². The standard InChI is InChI=1S/C29H23BrN2O4S/c1-3-35-28(34)26-18(2)31-29-32(23(26)15-9-19-7-5-4-6-8-19)27(33)25(37-29)17-22-14-16-24(36-22)20-10-12-21(30)13-11-20/h4-17,23H,3H2,1-2H3/b15-9+,25-17+. The molecule has 186 valence electrons. The largest absolute Gasteiger partial charge is 0.463 e. The molecule has 1 atom stereocenters. The summed E-state index contributed by atoms with van der Waals surface area (Å²) in [5, 5.41) is 0. The van der Waals surface area contributed by atoms with Crippen molar-refractivity contribution in [2.24, 2.45) is 4.99 Å². The fourth-order valence-electron chi connectivity index (χ4n) is 4.11. The van der Waals surface area contributed by atoms with Crippen LogP contribution in [0.25, 0.3) is 23.5 Å². The van der Waals surface area contributed by atoms with Gasteiger partial charge >= 0.3 is 5.97 Å². The van der Waals surface area contributed by atoms with Crippen molar-refractivity contribution in [1.29, 1.82) is 0 Å². The summed E-state index contributed by atoms with van der Waals surface area (Å²) in [5.74, 6) is 0.780. The van der Waals surface area contributed by atoms with Crippen molar-refractivity contribution >= 4 is 45.4 Å². The third-order valence-corrected chi connectivity index (χ3v) is 7.37. The van der Waals surface area contributed by atoms with Gasteiger partial charge in [-0.1, -0.05) is 81.9 Å². The van der Waals surface area contributed by atoms with Crippen LogP contribution in [0, 0.1) is 0 Å². The zero-order valence-electron chi connectivity index (χ0n) is 20.2. The molecule has 5 rings (SSSR count). The Morgan fingerprint density at radius 1 is 1.14 bits per heavy atom. The van der Waals surface area contributed by atoms with Gasteiger partial charge in [-0.25, -0.2) is 9.79 Å². The molecule has 0 radical (unpaired) electrons. The number of hydrogen-bond donors (Lipinski definition) is 0. The summed E-state index contributed by atoms with van der Waals surface area (Å²) in [5.41, 5.74) is 2.53. The highest BCUT2D eigenvalue weighted by atomic mass is 79.9. The number of hydrogen-bond acceptors (Lipinski definition) is 6. The third kappa shape index (κ3) is 5.21. The first-order valence-corrected chi connectivity index (χ1v) is 13.3. The molecule has 0 saturated carbocycles. The number of ether oxygens (including phenoxy) is 1. The monoisotopic (exact) mass is 574 g/mol. The zero-order valence-corrected chi connectivity index (χ0v) is 22.6. The van der Waals surface area contributed by atoms with Crippen molar-refractivity contribution in [3.63, 3.8) is 0 Å². The summed E-state index contributed by atoms with van der Waals surface area (Å²) >= 11 is 4.70. The molecule has 3 heterocycles. The summed E-state index contributed by atoms with van der Waals surface area (Å²) in [7, 11) is 0. The number of fused-ring (bicyclic) bond motifs is 1. The first kappa shape index (κ1) is 24.9. The van der Waals surface area contributed by atoms with Crippen molar-refractivity contribution in [3.05, 3.63) is 120 Å². The van der Waals surface area contributed by atoms with Crippen molar-refractivity contribution in [1.82, 2.24) is 4.57 Å². The number of carbonyl (C=O) groups excluding carboxylic acids is 1. The van der Waals surface area contributed by atoms with Gasteiger partial charge in [-0.3, -0.25) is 9.36 Å². The lowest BCUT2D eigenvalue weighted by Crippen LogP contribution is -2.38. The predicted molar refractivity (Wildman–Crippen MR) is 149 cm³/mol. The Balaban J connectivity index is 1.58. The van der Waals surface area contributed by atoms with Crippen molar-refractivity contribution in [3.8, 4) is 11.3 Å². The van der Waals surface area contributed by atoms with Crippen LogP contribution in [0.15, 0.2) is 103 Å². The maximum atomic E-state index is 13.6. The lowest BCUT2D eigenvalue weighted by atomic mass is 10.0. The number of allylic oxidation sites excluding steroid dienone is 2. The molecule has 2 aromatic heterocycles. The second-order valence-corrected chi connectivity index (χ2v) is 10.2. The van der Waals surface area contributed by atoms with E-state index in [4.69, 9.17) is 9.15 Å². The van der Waals surface area contributed by atoms with Crippen LogP contribution in [0.1, 0.15) is 31.2 Å². The molecule has 0 N–H and O–H groups in total. The van der Waals surface area contributed by atoms with Crippen molar-refractivity contribution < 1.29 is 13.9 Å². The van der Waals surface area contributed by atoms with E-state index in [9.17, 15) is 9.59 Å². The zero-order chi connectivity index (χ0) is 25.9. The van der Waals surface area contributed by atoms with Gasteiger partial charge in [-0.2, -0.15) is 0 Å². The Bertz CT molecular complexity index is 1690. The van der Waals surface area contributed by atoms with E-state index >= 15 is 0 Å². The average Bonchev–Trinajstić information content (AvgIpc) is 3.48. The third-order valence-electron chi connectivity index (χ3n) is 5.86. The Hall–Kier alpha value is -3.75. The van der Waals surface area contributed by atoms with Crippen LogP contribution in [0.3, 0.4) is 0 Å². The van der Waals surface area contributed by atoms with E-state index in [1.54, 1.807) is 24.5 Å². The number of nitrogens with zero attached hydrogens (tertiary/aromatic N) is 2. The summed E-state index contributed by atoms with van der Waals surface area (Å²) < 4.78 is 14.3. The van der Waals surface area contributed by atoms with E-state index in [2.05, 4.69) is 20.9 Å². The van der Waals surface area contributed by atoms with Gasteiger partial charge in [0.05, 0.1) is 28.5 Å². The van der Waals surface area contributed by atoms with Crippen LogP contribution in [0.4, 0.5) is 0 Å². The summed E-state index contributed by atoms with van der Waals surface area (Å²) in [6.45, 7) is 3.75. The van der Waals surface area contributed by atoms with Gasteiger partial charge in [0.25, 0.3) is 5.56 Å². The fraction of sp³-hybridized carbons (Fsp3) is 0.138. The molecule has 2 aromatic carbocycles. The average molecular weight is 575 g/mol. The lowest BCUT2D eigenvalue weighted by Gasteiger charge is -2.21. The molecule has 1 aliphatic rings. The summed E-state index contributed by atoms with van der Waals surface area (Å²) in [4.78, 5) is 31.6. The minimum Gasteiger partial charge on any atom is -0.463 e. The molecule has 6 nitrogen and oxygen atoms in total. The topological polar surface area (TPSA) is 73.8 Å². The van der Waals surface area contributed by atoms with Gasteiger partial charge in [0.2, 0.25) is 0 Å². The lowest BCUT2D eigenvalue weighted by molar-refractivity contribution is -0.139. The number of thiazole rings is 1. The maximum absolute atomic E-state index is 13.6. The summed E-state index contributed by atoms with van der Waals surface area (Å²) in [6.07, 6.45) is 5.46. The van der Waals surface area contributed by atoms with Crippen LogP contribution in [0.5, 0.6) is 0 Å². The fourth-order valence-corrected chi connectivity index (χ4v) is 5.41. The van der Waals surface area contributed by atoms with Gasteiger partial charge in [-0.15, -0.1) is 0 Å². The number of carbonyl (C=O) groups is 1. The van der Waals surface area contributed by atoms with Crippen molar-refractivity contribution in [2.75, 3.05) is 6.61 Å². The molecular weight excluding hydrogens is 552 g/mol. The number of aromatic nitrogens is 1. The molecule has 4 aromatic rings. The highest BCUT2D eigenvalue weighted by Gasteiger charge is 2.30. The minimum absolute atomic E-state index is 0.231. The first-order chi connectivity index (χ1) is 17.9. The van der Waals surface area contributed by atoms with E-state index in [1.807, 2.05) is 78.9 Å². The van der Waals surface area contributed by atoms with Crippen LogP contribution in [0.2, 0.25) is 0 Å². The highest BCUT2D eigenvalue weighted by molar-refractivity contribution is 9.10.